The Morgan fingerprint density at radius 1 is 1.13 bits per heavy atom. The van der Waals surface area contributed by atoms with E-state index in [9.17, 15) is 0 Å². The fraction of sp³-hybridized carbons (Fsp3) is 1.00. The molecule has 0 N–H and O–H groups in total. The average Bonchev–Trinajstić information content (AvgIpc) is 2.16. The summed E-state index contributed by atoms with van der Waals surface area (Å²) in [5.41, 5.74) is 0. The minimum atomic E-state index is 0.745. The van der Waals surface area contributed by atoms with Crippen molar-refractivity contribution in [2.45, 2.75) is 52.1 Å². The minimum Gasteiger partial charge on any atom is -0.298 e. The van der Waals surface area contributed by atoms with Crippen molar-refractivity contribution in [1.29, 1.82) is 0 Å². The summed E-state index contributed by atoms with van der Waals surface area (Å²) >= 11 is 0. The van der Waals surface area contributed by atoms with Crippen LogP contribution >= 0.6 is 0 Å². The minimum absolute atomic E-state index is 0.745. The first-order valence-corrected chi connectivity index (χ1v) is 6.68. The van der Waals surface area contributed by atoms with Gasteiger partial charge in [-0.1, -0.05) is 13.3 Å². The molecule has 2 heterocycles. The zero-order valence-corrected chi connectivity index (χ0v) is 10.6. The zero-order valence-electron chi connectivity index (χ0n) is 10.6. The molecule has 2 aliphatic rings. The molecule has 0 radical (unpaired) electrons. The molecular weight excluding hydrogens is 184 g/mol. The summed E-state index contributed by atoms with van der Waals surface area (Å²) in [6.07, 6.45) is 4.26. The molecule has 15 heavy (non-hydrogen) atoms. The number of rotatable bonds is 3. The maximum absolute atomic E-state index is 2.73. The molecule has 2 saturated heterocycles. The van der Waals surface area contributed by atoms with Crippen LogP contribution in [0.3, 0.4) is 0 Å². The highest BCUT2D eigenvalue weighted by Crippen LogP contribution is 2.25. The molecule has 2 nitrogen and oxygen atoms in total. The van der Waals surface area contributed by atoms with Crippen molar-refractivity contribution in [2.75, 3.05) is 26.2 Å². The van der Waals surface area contributed by atoms with Crippen molar-refractivity contribution in [3.8, 4) is 0 Å². The largest absolute Gasteiger partial charge is 0.298 e. The van der Waals surface area contributed by atoms with Crippen molar-refractivity contribution in [1.82, 2.24) is 9.80 Å². The van der Waals surface area contributed by atoms with Gasteiger partial charge >= 0.3 is 0 Å². The van der Waals surface area contributed by atoms with Gasteiger partial charge in [-0.05, 0) is 45.7 Å². The first kappa shape index (κ1) is 11.4. The first-order chi connectivity index (χ1) is 7.20. The normalized spacial score (nSPS) is 27.2. The third kappa shape index (κ3) is 2.54. The van der Waals surface area contributed by atoms with Gasteiger partial charge in [0.15, 0.2) is 0 Å². The molecule has 0 saturated carbocycles. The van der Waals surface area contributed by atoms with Crippen LogP contribution < -0.4 is 0 Å². The fourth-order valence-corrected chi connectivity index (χ4v) is 2.87. The predicted octanol–water partition coefficient (Wildman–Crippen LogP) is 2.20. The van der Waals surface area contributed by atoms with Crippen LogP contribution in [0.25, 0.3) is 0 Å². The van der Waals surface area contributed by atoms with Gasteiger partial charge in [0.1, 0.15) is 0 Å². The third-order valence-corrected chi connectivity index (χ3v) is 4.36. The summed E-state index contributed by atoms with van der Waals surface area (Å²) in [6, 6.07) is 1.62. The van der Waals surface area contributed by atoms with Gasteiger partial charge in [-0.15, -0.1) is 0 Å². The van der Waals surface area contributed by atoms with Gasteiger partial charge in [0.2, 0.25) is 0 Å². The van der Waals surface area contributed by atoms with Crippen LogP contribution in [0, 0.1) is 5.92 Å². The molecule has 88 valence electrons. The standard InChI is InChI=1S/C13H26N2/c1-4-12-5-7-14(8-6-12)13-9-15(10-13)11(2)3/h11-13H,4-10H2,1-3H3. The Bertz CT molecular complexity index is 189. The average molecular weight is 210 g/mol. The Balaban J connectivity index is 1.70. The van der Waals surface area contributed by atoms with Gasteiger partial charge < -0.3 is 0 Å². The van der Waals surface area contributed by atoms with Gasteiger partial charge in [0, 0.05) is 25.2 Å². The lowest BCUT2D eigenvalue weighted by Gasteiger charge is -2.49. The van der Waals surface area contributed by atoms with Gasteiger partial charge in [0.05, 0.1) is 0 Å². The van der Waals surface area contributed by atoms with Crippen molar-refractivity contribution in [3.05, 3.63) is 0 Å². The second-order valence-corrected chi connectivity index (χ2v) is 5.59. The number of hydrogen-bond donors (Lipinski definition) is 0. The van der Waals surface area contributed by atoms with E-state index in [1.165, 1.54) is 45.4 Å². The molecule has 0 bridgehead atoms. The van der Waals surface area contributed by atoms with E-state index in [-0.39, 0.29) is 0 Å². The lowest BCUT2D eigenvalue weighted by Crippen LogP contribution is -2.62. The van der Waals surface area contributed by atoms with Crippen LogP contribution in [-0.4, -0.2) is 48.1 Å². The first-order valence-electron chi connectivity index (χ1n) is 6.68. The molecule has 2 fully saturated rings. The summed E-state index contributed by atoms with van der Waals surface area (Å²) in [5, 5.41) is 0. The van der Waals surface area contributed by atoms with E-state index in [1.54, 1.807) is 0 Å². The summed E-state index contributed by atoms with van der Waals surface area (Å²) in [6.45, 7) is 12.3. The molecule has 2 heteroatoms. The number of hydrogen-bond acceptors (Lipinski definition) is 2. The summed E-state index contributed by atoms with van der Waals surface area (Å²) in [4.78, 5) is 5.31. The molecule has 0 atom stereocenters. The van der Waals surface area contributed by atoms with Gasteiger partial charge in [0.25, 0.3) is 0 Å². The maximum atomic E-state index is 2.73. The topological polar surface area (TPSA) is 6.48 Å². The molecular formula is C13H26N2. The monoisotopic (exact) mass is 210 g/mol. The van der Waals surface area contributed by atoms with Crippen LogP contribution in [0.1, 0.15) is 40.0 Å². The van der Waals surface area contributed by atoms with E-state index in [4.69, 9.17) is 0 Å². The quantitative estimate of drug-likeness (QED) is 0.704. The van der Waals surface area contributed by atoms with Crippen LogP contribution in [0.5, 0.6) is 0 Å². The molecule has 0 spiro atoms. The molecule has 0 aromatic heterocycles. The van der Waals surface area contributed by atoms with Crippen LogP contribution in [0.2, 0.25) is 0 Å². The lowest BCUT2D eigenvalue weighted by atomic mass is 9.92. The third-order valence-electron chi connectivity index (χ3n) is 4.36. The van der Waals surface area contributed by atoms with Crippen molar-refractivity contribution in [3.63, 3.8) is 0 Å². The van der Waals surface area contributed by atoms with E-state index >= 15 is 0 Å². The molecule has 0 aromatic carbocycles. The molecule has 2 aliphatic heterocycles. The zero-order chi connectivity index (χ0) is 10.8. The molecule has 0 aromatic rings. The molecule has 0 unspecified atom stereocenters. The molecule has 0 aliphatic carbocycles. The van der Waals surface area contributed by atoms with E-state index in [0.717, 1.165) is 18.0 Å². The molecule has 2 rings (SSSR count). The van der Waals surface area contributed by atoms with E-state index in [0.29, 0.717) is 0 Å². The van der Waals surface area contributed by atoms with Crippen molar-refractivity contribution < 1.29 is 0 Å². The number of nitrogens with zero attached hydrogens (tertiary/aromatic N) is 2. The molecule has 0 amide bonds. The maximum Gasteiger partial charge on any atom is 0.0350 e. The van der Waals surface area contributed by atoms with Crippen LogP contribution in [0.4, 0.5) is 0 Å². The van der Waals surface area contributed by atoms with Gasteiger partial charge in [-0.3, -0.25) is 9.80 Å². The van der Waals surface area contributed by atoms with Crippen LogP contribution in [0.15, 0.2) is 0 Å². The Morgan fingerprint density at radius 3 is 2.20 bits per heavy atom. The highest BCUT2D eigenvalue weighted by atomic mass is 15.3. The second-order valence-electron chi connectivity index (χ2n) is 5.59. The van der Waals surface area contributed by atoms with Gasteiger partial charge in [-0.25, -0.2) is 0 Å². The number of piperidine rings is 1. The highest BCUT2D eigenvalue weighted by molar-refractivity contribution is 4.91. The summed E-state index contributed by atoms with van der Waals surface area (Å²) in [7, 11) is 0. The summed E-state index contributed by atoms with van der Waals surface area (Å²) < 4.78 is 0. The highest BCUT2D eigenvalue weighted by Gasteiger charge is 2.34. The van der Waals surface area contributed by atoms with Crippen LogP contribution in [-0.2, 0) is 0 Å². The Hall–Kier alpha value is -0.0800. The SMILES string of the molecule is CCC1CCN(C2CN(C(C)C)C2)CC1. The predicted molar refractivity (Wildman–Crippen MR) is 65.1 cm³/mol. The Labute approximate surface area is 94.6 Å². The summed E-state index contributed by atoms with van der Waals surface area (Å²) in [5.74, 6) is 1.02. The van der Waals surface area contributed by atoms with E-state index < -0.39 is 0 Å². The Kier molecular flexibility index (Phi) is 3.68. The van der Waals surface area contributed by atoms with E-state index in [2.05, 4.69) is 30.6 Å². The second kappa shape index (κ2) is 4.84. The van der Waals surface area contributed by atoms with Gasteiger partial charge in [-0.2, -0.15) is 0 Å². The number of likely N-dealkylation sites (tertiary alicyclic amines) is 2. The van der Waals surface area contributed by atoms with Crippen molar-refractivity contribution in [2.24, 2.45) is 5.92 Å². The lowest BCUT2D eigenvalue weighted by molar-refractivity contribution is -0.00220. The van der Waals surface area contributed by atoms with Crippen molar-refractivity contribution >= 4 is 0 Å². The fourth-order valence-electron chi connectivity index (χ4n) is 2.87. The Morgan fingerprint density at radius 2 is 1.73 bits per heavy atom. The smallest absolute Gasteiger partial charge is 0.0350 e. The van der Waals surface area contributed by atoms with E-state index in [1.807, 2.05) is 0 Å².